The molecule has 19 heavy (non-hydrogen) atoms. The lowest BCUT2D eigenvalue weighted by atomic mass is 10.2. The van der Waals surface area contributed by atoms with E-state index in [9.17, 15) is 4.79 Å². The molecule has 0 spiro atoms. The van der Waals surface area contributed by atoms with E-state index < -0.39 is 0 Å². The van der Waals surface area contributed by atoms with Gasteiger partial charge in [0.15, 0.2) is 0 Å². The molecule has 2 aromatic rings. The normalized spacial score (nSPS) is 10.6. The summed E-state index contributed by atoms with van der Waals surface area (Å²) in [4.78, 5) is 18.4. The van der Waals surface area contributed by atoms with Gasteiger partial charge in [0.05, 0.1) is 22.1 Å². The quantitative estimate of drug-likeness (QED) is 0.875. The Morgan fingerprint density at radius 2 is 2.26 bits per heavy atom. The summed E-state index contributed by atoms with van der Waals surface area (Å²) in [6.45, 7) is 4.72. The molecule has 0 aliphatic rings. The number of rotatable bonds is 6. The number of thiazole rings is 1. The number of nitrogens with one attached hydrogen (secondary N) is 1. The molecule has 0 fully saturated rings. The van der Waals surface area contributed by atoms with Crippen LogP contribution in [-0.2, 0) is 11.3 Å². The maximum absolute atomic E-state index is 11.5. The maximum atomic E-state index is 11.5. The van der Waals surface area contributed by atoms with Gasteiger partial charge in [0, 0.05) is 16.7 Å². The Balaban J connectivity index is 1.89. The van der Waals surface area contributed by atoms with E-state index in [2.05, 4.69) is 34.7 Å². The first-order valence-electron chi connectivity index (χ1n) is 6.47. The molecule has 0 saturated carbocycles. The summed E-state index contributed by atoms with van der Waals surface area (Å²) in [7, 11) is 0. The Morgan fingerprint density at radius 1 is 1.42 bits per heavy atom. The number of hydrogen-bond donors (Lipinski definition) is 1. The summed E-state index contributed by atoms with van der Waals surface area (Å²) in [5, 5.41) is 6.11. The Hall–Kier alpha value is -1.20. The van der Waals surface area contributed by atoms with Gasteiger partial charge in [0.2, 0.25) is 5.91 Å². The number of carbonyl (C=O) groups excluding carboxylic acids is 1. The number of unbranched alkanes of at least 4 members (excludes halogenated alkanes) is 1. The molecule has 1 N–H and O–H groups in total. The lowest BCUT2D eigenvalue weighted by Gasteiger charge is -2.02. The minimum absolute atomic E-state index is 0.140. The van der Waals surface area contributed by atoms with Gasteiger partial charge in [-0.1, -0.05) is 13.3 Å². The molecule has 2 rings (SSSR count). The van der Waals surface area contributed by atoms with Gasteiger partial charge in [0.1, 0.15) is 0 Å². The fourth-order valence-electron chi connectivity index (χ4n) is 1.70. The molecule has 3 nitrogen and oxygen atoms in total. The van der Waals surface area contributed by atoms with Crippen molar-refractivity contribution in [2.45, 2.75) is 39.7 Å². The van der Waals surface area contributed by atoms with Crippen LogP contribution in [0.4, 0.5) is 0 Å². The summed E-state index contributed by atoms with van der Waals surface area (Å²) in [5.41, 5.74) is 1.04. The topological polar surface area (TPSA) is 42.0 Å². The smallest absolute Gasteiger partial charge is 0.220 e. The molecule has 0 aliphatic heterocycles. The zero-order valence-corrected chi connectivity index (χ0v) is 12.9. The highest BCUT2D eigenvalue weighted by molar-refractivity contribution is 7.16. The van der Waals surface area contributed by atoms with Crippen molar-refractivity contribution in [1.29, 1.82) is 0 Å². The standard InChI is InChI=1S/C14H18N2OS2/c1-3-4-5-14(17)15-8-11-6-7-13(19-11)12-9-18-10(2)16-12/h6-7,9H,3-5,8H2,1-2H3,(H,15,17). The molecule has 2 heterocycles. The second-order valence-corrected chi connectivity index (χ2v) is 6.63. The minimum atomic E-state index is 0.140. The van der Waals surface area contributed by atoms with Crippen molar-refractivity contribution >= 4 is 28.6 Å². The van der Waals surface area contributed by atoms with Crippen molar-refractivity contribution in [2.75, 3.05) is 0 Å². The number of amides is 1. The SMILES string of the molecule is CCCCC(=O)NCc1ccc(-c2csc(C)n2)s1. The molecule has 2 aromatic heterocycles. The van der Waals surface area contributed by atoms with Gasteiger partial charge in [-0.2, -0.15) is 0 Å². The van der Waals surface area contributed by atoms with Crippen LogP contribution in [0, 0.1) is 6.92 Å². The molecule has 0 atom stereocenters. The molecule has 0 aromatic carbocycles. The van der Waals surface area contributed by atoms with E-state index in [-0.39, 0.29) is 5.91 Å². The minimum Gasteiger partial charge on any atom is -0.351 e. The molecule has 0 saturated heterocycles. The zero-order chi connectivity index (χ0) is 13.7. The predicted molar refractivity (Wildman–Crippen MR) is 81.5 cm³/mol. The molecule has 1 amide bonds. The second kappa shape index (κ2) is 6.82. The van der Waals surface area contributed by atoms with E-state index in [0.29, 0.717) is 13.0 Å². The van der Waals surface area contributed by atoms with E-state index in [1.54, 1.807) is 22.7 Å². The van der Waals surface area contributed by atoms with E-state index in [1.807, 2.05) is 6.92 Å². The van der Waals surface area contributed by atoms with E-state index in [1.165, 1.54) is 9.75 Å². The van der Waals surface area contributed by atoms with E-state index >= 15 is 0 Å². The number of nitrogens with zero attached hydrogens (tertiary/aromatic N) is 1. The van der Waals surface area contributed by atoms with Crippen molar-refractivity contribution in [3.05, 3.63) is 27.4 Å². The van der Waals surface area contributed by atoms with Crippen LogP contribution in [0.2, 0.25) is 0 Å². The molecule has 0 radical (unpaired) electrons. The summed E-state index contributed by atoms with van der Waals surface area (Å²) in [6.07, 6.45) is 2.64. The lowest BCUT2D eigenvalue weighted by Crippen LogP contribution is -2.21. The van der Waals surface area contributed by atoms with Crippen molar-refractivity contribution in [3.63, 3.8) is 0 Å². The van der Waals surface area contributed by atoms with Gasteiger partial charge in [0.25, 0.3) is 0 Å². The van der Waals surface area contributed by atoms with Crippen LogP contribution in [-0.4, -0.2) is 10.9 Å². The largest absolute Gasteiger partial charge is 0.351 e. The number of aromatic nitrogens is 1. The van der Waals surface area contributed by atoms with Crippen molar-refractivity contribution in [1.82, 2.24) is 10.3 Å². The second-order valence-electron chi connectivity index (χ2n) is 4.40. The van der Waals surface area contributed by atoms with Crippen LogP contribution >= 0.6 is 22.7 Å². The Bertz CT molecular complexity index is 545. The van der Waals surface area contributed by atoms with Gasteiger partial charge in [-0.25, -0.2) is 4.98 Å². The fraction of sp³-hybridized carbons (Fsp3) is 0.429. The van der Waals surface area contributed by atoms with Crippen molar-refractivity contribution in [2.24, 2.45) is 0 Å². The van der Waals surface area contributed by atoms with E-state index in [0.717, 1.165) is 23.5 Å². The molecule has 0 aliphatic carbocycles. The van der Waals surface area contributed by atoms with Crippen LogP contribution in [0.1, 0.15) is 36.1 Å². The van der Waals surface area contributed by atoms with Crippen molar-refractivity contribution in [3.8, 4) is 10.6 Å². The summed E-state index contributed by atoms with van der Waals surface area (Å²) >= 11 is 3.36. The van der Waals surface area contributed by atoms with Crippen LogP contribution < -0.4 is 5.32 Å². The van der Waals surface area contributed by atoms with Crippen LogP contribution in [0.25, 0.3) is 10.6 Å². The highest BCUT2D eigenvalue weighted by Gasteiger charge is 2.07. The van der Waals surface area contributed by atoms with Crippen molar-refractivity contribution < 1.29 is 4.79 Å². The van der Waals surface area contributed by atoms with Crippen LogP contribution in [0.3, 0.4) is 0 Å². The first-order valence-corrected chi connectivity index (χ1v) is 8.16. The van der Waals surface area contributed by atoms with Gasteiger partial charge < -0.3 is 5.32 Å². The molecule has 0 bridgehead atoms. The molecular weight excluding hydrogens is 276 g/mol. The third-order valence-electron chi connectivity index (χ3n) is 2.75. The number of hydrogen-bond acceptors (Lipinski definition) is 4. The Labute approximate surface area is 121 Å². The average Bonchev–Trinajstić information content (AvgIpc) is 3.02. The van der Waals surface area contributed by atoms with Gasteiger partial charge in [-0.05, 0) is 25.5 Å². The first kappa shape index (κ1) is 14.2. The van der Waals surface area contributed by atoms with Crippen LogP contribution in [0.5, 0.6) is 0 Å². The van der Waals surface area contributed by atoms with Gasteiger partial charge in [-0.15, -0.1) is 22.7 Å². The third-order valence-corrected chi connectivity index (χ3v) is 4.63. The van der Waals surface area contributed by atoms with Gasteiger partial charge >= 0.3 is 0 Å². The lowest BCUT2D eigenvalue weighted by molar-refractivity contribution is -0.121. The molecule has 5 heteroatoms. The fourth-order valence-corrected chi connectivity index (χ4v) is 3.29. The predicted octanol–water partition coefficient (Wildman–Crippen LogP) is 3.99. The van der Waals surface area contributed by atoms with Crippen LogP contribution in [0.15, 0.2) is 17.5 Å². The number of thiophene rings is 1. The average molecular weight is 294 g/mol. The molecule has 102 valence electrons. The first-order chi connectivity index (χ1) is 9.19. The summed E-state index contributed by atoms with van der Waals surface area (Å²) in [6, 6.07) is 4.14. The van der Waals surface area contributed by atoms with E-state index in [4.69, 9.17) is 0 Å². The maximum Gasteiger partial charge on any atom is 0.220 e. The molecule has 0 unspecified atom stereocenters. The third kappa shape index (κ3) is 4.14. The number of carbonyl (C=O) groups is 1. The van der Waals surface area contributed by atoms with Gasteiger partial charge in [-0.3, -0.25) is 4.79 Å². The highest BCUT2D eigenvalue weighted by atomic mass is 32.1. The Kier molecular flexibility index (Phi) is 5.10. The number of aryl methyl sites for hydroxylation is 1. The Morgan fingerprint density at radius 3 is 2.95 bits per heavy atom. The zero-order valence-electron chi connectivity index (χ0n) is 11.2. The highest BCUT2D eigenvalue weighted by Crippen LogP contribution is 2.28. The monoisotopic (exact) mass is 294 g/mol. The molecular formula is C14H18N2OS2. The summed E-state index contributed by atoms with van der Waals surface area (Å²) in [5.74, 6) is 0.140. The summed E-state index contributed by atoms with van der Waals surface area (Å²) < 4.78 is 0.